The summed E-state index contributed by atoms with van der Waals surface area (Å²) in [5, 5.41) is 0. The number of rotatable bonds is 3. The molecule has 3 N–H and O–H groups in total. The molecule has 15 heavy (non-hydrogen) atoms. The van der Waals surface area contributed by atoms with Gasteiger partial charge in [0.15, 0.2) is 0 Å². The Kier molecular flexibility index (Phi) is 3.63. The SMILES string of the molecule is CCc1c(C)nc(C(N)C(C)C)[nH]c1=O. The molecule has 1 atom stereocenters. The van der Waals surface area contributed by atoms with E-state index < -0.39 is 0 Å². The number of nitrogens with two attached hydrogens (primary N) is 1. The first-order valence-electron chi connectivity index (χ1n) is 5.32. The highest BCUT2D eigenvalue weighted by atomic mass is 16.1. The van der Waals surface area contributed by atoms with Crippen LogP contribution in [0, 0.1) is 12.8 Å². The third kappa shape index (κ3) is 2.45. The monoisotopic (exact) mass is 209 g/mol. The molecule has 0 saturated heterocycles. The van der Waals surface area contributed by atoms with Crippen LogP contribution in [-0.4, -0.2) is 9.97 Å². The quantitative estimate of drug-likeness (QED) is 0.788. The van der Waals surface area contributed by atoms with Crippen molar-refractivity contribution in [2.45, 2.75) is 40.2 Å². The molecule has 0 spiro atoms. The molecule has 0 fully saturated rings. The minimum Gasteiger partial charge on any atom is -0.321 e. The zero-order valence-corrected chi connectivity index (χ0v) is 9.79. The van der Waals surface area contributed by atoms with Crippen LogP contribution in [0.4, 0.5) is 0 Å². The molecule has 1 aromatic rings. The third-order valence-electron chi connectivity index (χ3n) is 2.63. The van der Waals surface area contributed by atoms with Crippen molar-refractivity contribution in [2.75, 3.05) is 0 Å². The zero-order chi connectivity index (χ0) is 11.6. The van der Waals surface area contributed by atoms with Crippen LogP contribution < -0.4 is 11.3 Å². The molecule has 0 radical (unpaired) electrons. The van der Waals surface area contributed by atoms with E-state index in [2.05, 4.69) is 9.97 Å². The number of aromatic amines is 1. The molecule has 0 bridgehead atoms. The fraction of sp³-hybridized carbons (Fsp3) is 0.636. The van der Waals surface area contributed by atoms with Crippen LogP contribution in [0.3, 0.4) is 0 Å². The molecule has 1 aromatic heterocycles. The maximum absolute atomic E-state index is 11.7. The molecule has 1 heterocycles. The molecule has 4 heteroatoms. The fourth-order valence-corrected chi connectivity index (χ4v) is 1.52. The minimum absolute atomic E-state index is 0.0592. The Morgan fingerprint density at radius 1 is 1.47 bits per heavy atom. The summed E-state index contributed by atoms with van der Waals surface area (Å²) in [5.74, 6) is 0.852. The summed E-state index contributed by atoms with van der Waals surface area (Å²) in [7, 11) is 0. The van der Waals surface area contributed by atoms with Gasteiger partial charge in [0, 0.05) is 11.3 Å². The highest BCUT2D eigenvalue weighted by Gasteiger charge is 2.15. The van der Waals surface area contributed by atoms with Crippen molar-refractivity contribution in [1.82, 2.24) is 9.97 Å². The summed E-state index contributed by atoms with van der Waals surface area (Å²) >= 11 is 0. The van der Waals surface area contributed by atoms with E-state index in [0.29, 0.717) is 12.2 Å². The number of hydrogen-bond donors (Lipinski definition) is 2. The van der Waals surface area contributed by atoms with Crippen molar-refractivity contribution < 1.29 is 0 Å². The lowest BCUT2D eigenvalue weighted by Gasteiger charge is -2.15. The van der Waals surface area contributed by atoms with Gasteiger partial charge in [-0.2, -0.15) is 0 Å². The van der Waals surface area contributed by atoms with Gasteiger partial charge in [0.1, 0.15) is 5.82 Å². The van der Waals surface area contributed by atoms with Crippen molar-refractivity contribution in [3.05, 3.63) is 27.4 Å². The standard InChI is InChI=1S/C11H19N3O/c1-5-8-7(4)13-10(14-11(8)15)9(12)6(2)3/h6,9H,5,12H2,1-4H3,(H,13,14,15). The fourth-order valence-electron chi connectivity index (χ4n) is 1.52. The maximum atomic E-state index is 11.7. The van der Waals surface area contributed by atoms with Crippen LogP contribution in [0.2, 0.25) is 0 Å². The van der Waals surface area contributed by atoms with E-state index in [1.807, 2.05) is 27.7 Å². The lowest BCUT2D eigenvalue weighted by Crippen LogP contribution is -2.26. The molecule has 1 unspecified atom stereocenters. The van der Waals surface area contributed by atoms with E-state index in [1.165, 1.54) is 0 Å². The van der Waals surface area contributed by atoms with Gasteiger partial charge in [-0.15, -0.1) is 0 Å². The van der Waals surface area contributed by atoms with Crippen molar-refractivity contribution in [3.63, 3.8) is 0 Å². The summed E-state index contributed by atoms with van der Waals surface area (Å²) in [6.45, 7) is 7.81. The van der Waals surface area contributed by atoms with E-state index in [0.717, 1.165) is 11.3 Å². The Bertz CT molecular complexity index is 395. The van der Waals surface area contributed by atoms with Crippen LogP contribution in [0.15, 0.2) is 4.79 Å². The van der Waals surface area contributed by atoms with Crippen LogP contribution in [-0.2, 0) is 6.42 Å². The smallest absolute Gasteiger partial charge is 0.254 e. The van der Waals surface area contributed by atoms with E-state index >= 15 is 0 Å². The molecule has 0 aromatic carbocycles. The Morgan fingerprint density at radius 3 is 2.47 bits per heavy atom. The first-order valence-corrected chi connectivity index (χ1v) is 5.32. The second-order valence-electron chi connectivity index (χ2n) is 4.14. The van der Waals surface area contributed by atoms with Crippen LogP contribution in [0.5, 0.6) is 0 Å². The van der Waals surface area contributed by atoms with Gasteiger partial charge in [0.25, 0.3) is 5.56 Å². The highest BCUT2D eigenvalue weighted by Crippen LogP contribution is 2.14. The van der Waals surface area contributed by atoms with Crippen LogP contribution >= 0.6 is 0 Å². The minimum atomic E-state index is -0.206. The van der Waals surface area contributed by atoms with E-state index in [1.54, 1.807) is 0 Å². The average Bonchev–Trinajstić information content (AvgIpc) is 2.15. The Balaban J connectivity index is 3.20. The van der Waals surface area contributed by atoms with Gasteiger partial charge in [0.2, 0.25) is 0 Å². The second-order valence-corrected chi connectivity index (χ2v) is 4.14. The zero-order valence-electron chi connectivity index (χ0n) is 9.79. The molecule has 4 nitrogen and oxygen atoms in total. The molecule has 0 aliphatic heterocycles. The van der Waals surface area contributed by atoms with Crippen molar-refractivity contribution in [1.29, 1.82) is 0 Å². The molecular formula is C11H19N3O. The third-order valence-corrected chi connectivity index (χ3v) is 2.63. The van der Waals surface area contributed by atoms with Gasteiger partial charge in [-0.05, 0) is 19.3 Å². The Morgan fingerprint density at radius 2 is 2.07 bits per heavy atom. The summed E-state index contributed by atoms with van der Waals surface area (Å²) in [5.41, 5.74) is 7.40. The summed E-state index contributed by atoms with van der Waals surface area (Å²) < 4.78 is 0. The van der Waals surface area contributed by atoms with E-state index in [-0.39, 0.29) is 17.5 Å². The van der Waals surface area contributed by atoms with Gasteiger partial charge in [0.05, 0.1) is 6.04 Å². The molecule has 84 valence electrons. The summed E-state index contributed by atoms with van der Waals surface area (Å²) in [6, 6.07) is -0.206. The van der Waals surface area contributed by atoms with E-state index in [9.17, 15) is 4.79 Å². The lowest BCUT2D eigenvalue weighted by atomic mass is 10.0. The molecule has 0 aliphatic carbocycles. The van der Waals surface area contributed by atoms with Crippen molar-refractivity contribution in [3.8, 4) is 0 Å². The highest BCUT2D eigenvalue weighted by molar-refractivity contribution is 5.17. The number of nitrogens with zero attached hydrogens (tertiary/aromatic N) is 1. The molecular weight excluding hydrogens is 190 g/mol. The largest absolute Gasteiger partial charge is 0.321 e. The van der Waals surface area contributed by atoms with Crippen LogP contribution in [0.25, 0.3) is 0 Å². The number of hydrogen-bond acceptors (Lipinski definition) is 3. The Hall–Kier alpha value is -1.16. The number of H-pyrrole nitrogens is 1. The number of aryl methyl sites for hydroxylation is 1. The Labute approximate surface area is 89.9 Å². The first kappa shape index (κ1) is 11.9. The van der Waals surface area contributed by atoms with Gasteiger partial charge in [-0.3, -0.25) is 4.79 Å². The number of aromatic nitrogens is 2. The molecule has 1 rings (SSSR count). The van der Waals surface area contributed by atoms with Gasteiger partial charge in [-0.1, -0.05) is 20.8 Å². The van der Waals surface area contributed by atoms with Crippen LogP contribution in [0.1, 0.15) is 43.9 Å². The maximum Gasteiger partial charge on any atom is 0.254 e. The molecule has 0 amide bonds. The van der Waals surface area contributed by atoms with Gasteiger partial charge >= 0.3 is 0 Å². The summed E-state index contributed by atoms with van der Waals surface area (Å²) in [6.07, 6.45) is 0.700. The van der Waals surface area contributed by atoms with Crippen molar-refractivity contribution in [2.24, 2.45) is 11.7 Å². The number of nitrogens with one attached hydrogen (secondary N) is 1. The van der Waals surface area contributed by atoms with E-state index in [4.69, 9.17) is 5.73 Å². The first-order chi connectivity index (χ1) is 6.97. The second kappa shape index (κ2) is 4.57. The predicted octanol–water partition coefficient (Wildman–Crippen LogP) is 1.30. The van der Waals surface area contributed by atoms with Gasteiger partial charge in [-0.25, -0.2) is 4.98 Å². The normalized spacial score (nSPS) is 13.2. The molecule has 0 saturated carbocycles. The van der Waals surface area contributed by atoms with Crippen molar-refractivity contribution >= 4 is 0 Å². The topological polar surface area (TPSA) is 71.8 Å². The lowest BCUT2D eigenvalue weighted by molar-refractivity contribution is 0.487. The molecule has 0 aliphatic rings. The average molecular weight is 209 g/mol. The van der Waals surface area contributed by atoms with Gasteiger partial charge < -0.3 is 10.7 Å². The summed E-state index contributed by atoms with van der Waals surface area (Å²) in [4.78, 5) is 18.8. The predicted molar refractivity (Wildman–Crippen MR) is 60.7 cm³/mol.